The molecule has 0 aromatic heterocycles. The van der Waals surface area contributed by atoms with E-state index >= 15 is 0 Å². The molecule has 4 nitrogen and oxygen atoms in total. The van der Waals surface area contributed by atoms with E-state index < -0.39 is 5.97 Å². The first-order valence-electron chi connectivity index (χ1n) is 6.48. The van der Waals surface area contributed by atoms with Gasteiger partial charge in [0.1, 0.15) is 0 Å². The highest BCUT2D eigenvalue weighted by molar-refractivity contribution is 6.02. The standard InChI is InChI=1S/C16H14N2O2/c19-16(20)13-6-8-14(9-7-13)18-11-10-15(17-18)12-4-2-1-3-5-12/h1-9H,10-11H2,(H,19,20). The highest BCUT2D eigenvalue weighted by atomic mass is 16.4. The fourth-order valence-corrected chi connectivity index (χ4v) is 2.25. The van der Waals surface area contributed by atoms with E-state index in [2.05, 4.69) is 17.2 Å². The Morgan fingerprint density at radius 2 is 1.75 bits per heavy atom. The summed E-state index contributed by atoms with van der Waals surface area (Å²) < 4.78 is 0. The molecule has 100 valence electrons. The van der Waals surface area contributed by atoms with Crippen molar-refractivity contribution >= 4 is 17.4 Å². The molecule has 1 aliphatic heterocycles. The van der Waals surface area contributed by atoms with Gasteiger partial charge in [-0.3, -0.25) is 5.01 Å². The van der Waals surface area contributed by atoms with E-state index in [0.717, 1.165) is 29.9 Å². The molecule has 20 heavy (non-hydrogen) atoms. The van der Waals surface area contributed by atoms with Gasteiger partial charge in [0, 0.05) is 13.0 Å². The maximum atomic E-state index is 10.8. The zero-order valence-corrected chi connectivity index (χ0v) is 10.9. The third kappa shape index (κ3) is 2.40. The van der Waals surface area contributed by atoms with Gasteiger partial charge in [0.15, 0.2) is 0 Å². The molecule has 4 heteroatoms. The van der Waals surface area contributed by atoms with Gasteiger partial charge in [0.2, 0.25) is 0 Å². The molecule has 1 heterocycles. The van der Waals surface area contributed by atoms with Crippen molar-refractivity contribution in [2.24, 2.45) is 5.10 Å². The predicted molar refractivity (Wildman–Crippen MR) is 78.3 cm³/mol. The first kappa shape index (κ1) is 12.4. The Hall–Kier alpha value is -2.62. The van der Waals surface area contributed by atoms with Crippen molar-refractivity contribution in [1.82, 2.24) is 0 Å². The smallest absolute Gasteiger partial charge is 0.335 e. The lowest BCUT2D eigenvalue weighted by Crippen LogP contribution is -2.11. The van der Waals surface area contributed by atoms with Gasteiger partial charge in [-0.25, -0.2) is 4.79 Å². The second-order valence-corrected chi connectivity index (χ2v) is 4.64. The number of carbonyl (C=O) groups is 1. The summed E-state index contributed by atoms with van der Waals surface area (Å²) >= 11 is 0. The van der Waals surface area contributed by atoms with Crippen molar-refractivity contribution in [1.29, 1.82) is 0 Å². The van der Waals surface area contributed by atoms with E-state index in [-0.39, 0.29) is 0 Å². The van der Waals surface area contributed by atoms with Crippen molar-refractivity contribution in [2.45, 2.75) is 6.42 Å². The lowest BCUT2D eigenvalue weighted by atomic mass is 10.1. The van der Waals surface area contributed by atoms with E-state index in [0.29, 0.717) is 5.56 Å². The van der Waals surface area contributed by atoms with Crippen LogP contribution in [-0.4, -0.2) is 23.3 Å². The summed E-state index contributed by atoms with van der Waals surface area (Å²) in [5.74, 6) is -0.911. The summed E-state index contributed by atoms with van der Waals surface area (Å²) in [6, 6.07) is 16.9. The molecule has 0 unspecified atom stereocenters. The summed E-state index contributed by atoms with van der Waals surface area (Å²) in [5, 5.41) is 15.4. The average Bonchev–Trinajstić information content (AvgIpc) is 2.98. The number of nitrogens with zero attached hydrogens (tertiary/aromatic N) is 2. The molecule has 2 aromatic rings. The van der Waals surface area contributed by atoms with Crippen LogP contribution in [-0.2, 0) is 0 Å². The van der Waals surface area contributed by atoms with Gasteiger partial charge in [-0.2, -0.15) is 5.10 Å². The SMILES string of the molecule is O=C(O)c1ccc(N2CCC(c3ccccc3)=N2)cc1. The van der Waals surface area contributed by atoms with E-state index in [1.165, 1.54) is 0 Å². The first-order valence-corrected chi connectivity index (χ1v) is 6.48. The van der Waals surface area contributed by atoms with Crippen molar-refractivity contribution < 1.29 is 9.90 Å². The highest BCUT2D eigenvalue weighted by Gasteiger charge is 2.17. The quantitative estimate of drug-likeness (QED) is 0.929. The molecule has 1 N–H and O–H groups in total. The second kappa shape index (κ2) is 5.17. The van der Waals surface area contributed by atoms with Gasteiger partial charge >= 0.3 is 5.97 Å². The lowest BCUT2D eigenvalue weighted by Gasteiger charge is -2.13. The number of hydrogen-bond donors (Lipinski definition) is 1. The third-order valence-electron chi connectivity index (χ3n) is 3.32. The Morgan fingerprint density at radius 3 is 2.40 bits per heavy atom. The maximum Gasteiger partial charge on any atom is 0.335 e. The number of carboxylic acids is 1. The zero-order valence-electron chi connectivity index (χ0n) is 10.9. The number of hydrogen-bond acceptors (Lipinski definition) is 3. The number of rotatable bonds is 3. The molecule has 1 aliphatic rings. The van der Waals surface area contributed by atoms with E-state index in [4.69, 9.17) is 5.11 Å². The van der Waals surface area contributed by atoms with Crippen LogP contribution in [0.4, 0.5) is 5.69 Å². The number of benzene rings is 2. The largest absolute Gasteiger partial charge is 0.478 e. The summed E-state index contributed by atoms with van der Waals surface area (Å²) in [6.07, 6.45) is 0.894. The predicted octanol–water partition coefficient (Wildman–Crippen LogP) is 3.00. The topological polar surface area (TPSA) is 52.9 Å². The van der Waals surface area contributed by atoms with E-state index in [9.17, 15) is 4.79 Å². The molecular weight excluding hydrogens is 252 g/mol. The fraction of sp³-hybridized carbons (Fsp3) is 0.125. The van der Waals surface area contributed by atoms with Crippen LogP contribution < -0.4 is 5.01 Å². The fourth-order valence-electron chi connectivity index (χ4n) is 2.25. The van der Waals surface area contributed by atoms with Crippen molar-refractivity contribution in [2.75, 3.05) is 11.6 Å². The molecule has 0 saturated heterocycles. The monoisotopic (exact) mass is 266 g/mol. The van der Waals surface area contributed by atoms with Crippen molar-refractivity contribution in [3.63, 3.8) is 0 Å². The van der Waals surface area contributed by atoms with Gasteiger partial charge in [-0.1, -0.05) is 30.3 Å². The minimum Gasteiger partial charge on any atom is -0.478 e. The summed E-state index contributed by atoms with van der Waals surface area (Å²) in [4.78, 5) is 10.8. The molecule has 0 amide bonds. The number of hydrazone groups is 1. The lowest BCUT2D eigenvalue weighted by molar-refractivity contribution is 0.0697. The Bertz CT molecular complexity index is 648. The molecule has 0 atom stereocenters. The van der Waals surface area contributed by atoms with Crippen LogP contribution in [0.25, 0.3) is 0 Å². The summed E-state index contributed by atoms with van der Waals surface area (Å²) in [5.41, 5.74) is 3.41. The number of anilines is 1. The summed E-state index contributed by atoms with van der Waals surface area (Å²) in [6.45, 7) is 0.816. The van der Waals surface area contributed by atoms with Crippen molar-refractivity contribution in [3.05, 3.63) is 65.7 Å². The molecule has 0 bridgehead atoms. The molecule has 0 fully saturated rings. The molecule has 0 saturated carbocycles. The van der Waals surface area contributed by atoms with Crippen LogP contribution in [0.1, 0.15) is 22.3 Å². The van der Waals surface area contributed by atoms with Crippen LogP contribution >= 0.6 is 0 Å². The zero-order chi connectivity index (χ0) is 13.9. The molecule has 0 radical (unpaired) electrons. The van der Waals surface area contributed by atoms with Gasteiger partial charge < -0.3 is 5.11 Å². The third-order valence-corrected chi connectivity index (χ3v) is 3.32. The van der Waals surface area contributed by atoms with Crippen LogP contribution in [0.3, 0.4) is 0 Å². The van der Waals surface area contributed by atoms with Crippen LogP contribution in [0.15, 0.2) is 59.7 Å². The first-order chi connectivity index (χ1) is 9.74. The minimum atomic E-state index is -0.911. The van der Waals surface area contributed by atoms with E-state index in [1.54, 1.807) is 24.3 Å². The second-order valence-electron chi connectivity index (χ2n) is 4.64. The minimum absolute atomic E-state index is 0.292. The number of aromatic carboxylic acids is 1. The van der Waals surface area contributed by atoms with Crippen LogP contribution in [0, 0.1) is 0 Å². The Labute approximate surface area is 117 Å². The normalized spacial score (nSPS) is 14.2. The van der Waals surface area contributed by atoms with Gasteiger partial charge in [-0.05, 0) is 29.8 Å². The Kier molecular flexibility index (Phi) is 3.21. The molecule has 2 aromatic carbocycles. The molecule has 0 spiro atoms. The maximum absolute atomic E-state index is 10.8. The molecular formula is C16H14N2O2. The Balaban J connectivity index is 1.82. The van der Waals surface area contributed by atoms with Gasteiger partial charge in [-0.15, -0.1) is 0 Å². The van der Waals surface area contributed by atoms with Gasteiger partial charge in [0.05, 0.1) is 17.0 Å². The highest BCUT2D eigenvalue weighted by Crippen LogP contribution is 2.22. The van der Waals surface area contributed by atoms with Crippen LogP contribution in [0.2, 0.25) is 0 Å². The molecule has 3 rings (SSSR count). The van der Waals surface area contributed by atoms with Crippen LogP contribution in [0.5, 0.6) is 0 Å². The van der Waals surface area contributed by atoms with Gasteiger partial charge in [0.25, 0.3) is 0 Å². The Morgan fingerprint density at radius 1 is 1.05 bits per heavy atom. The average molecular weight is 266 g/mol. The summed E-state index contributed by atoms with van der Waals surface area (Å²) in [7, 11) is 0. The van der Waals surface area contributed by atoms with Crippen molar-refractivity contribution in [3.8, 4) is 0 Å². The molecule has 0 aliphatic carbocycles. The number of carboxylic acid groups (broad SMARTS) is 1. The van der Waals surface area contributed by atoms with E-state index in [1.807, 2.05) is 23.2 Å².